The Morgan fingerprint density at radius 3 is 2.40 bits per heavy atom. The van der Waals surface area contributed by atoms with Crippen molar-refractivity contribution in [1.82, 2.24) is 0 Å². The van der Waals surface area contributed by atoms with Gasteiger partial charge in [0.15, 0.2) is 0 Å². The van der Waals surface area contributed by atoms with E-state index in [0.717, 1.165) is 16.3 Å². The number of hydrogen-bond donors (Lipinski definition) is 0. The molecule has 0 atom stereocenters. The molecule has 2 heteroatoms. The van der Waals surface area contributed by atoms with Crippen molar-refractivity contribution in [2.24, 2.45) is 0 Å². The van der Waals surface area contributed by atoms with E-state index in [1.165, 1.54) is 0 Å². The van der Waals surface area contributed by atoms with Crippen molar-refractivity contribution >= 4 is 34.3 Å². The van der Waals surface area contributed by atoms with Crippen molar-refractivity contribution in [3.8, 4) is 0 Å². The zero-order chi connectivity index (χ0) is 10.8. The fraction of sp³-hybridized carbons (Fsp3) is 0.154. The number of rotatable bonds is 2. The molecule has 0 radical (unpaired) electrons. The number of fused-ring (bicyclic) bond motifs is 1. The van der Waals surface area contributed by atoms with E-state index in [1.807, 2.05) is 30.3 Å². The second-order valence-corrected chi connectivity index (χ2v) is 12.1. The fourth-order valence-corrected chi connectivity index (χ4v) is 4.25. The second kappa shape index (κ2) is 4.35. The Balaban J connectivity index is 2.66. The summed E-state index contributed by atoms with van der Waals surface area (Å²) in [5.74, 6) is 0. The number of hydrogen-bond acceptors (Lipinski definition) is 1. The molecule has 1 nitrogen and oxygen atoms in total. The Kier molecular flexibility index (Phi) is 3.10. The predicted octanol–water partition coefficient (Wildman–Crippen LogP) is 3.05. The summed E-state index contributed by atoms with van der Waals surface area (Å²) < 4.78 is 0.425. The summed E-state index contributed by atoms with van der Waals surface area (Å²) in [6, 6.07) is 14.1. The summed E-state index contributed by atoms with van der Waals surface area (Å²) in [6.45, 7) is 0. The number of benzene rings is 2. The third-order valence-electron chi connectivity index (χ3n) is 2.58. The van der Waals surface area contributed by atoms with Gasteiger partial charge in [-0.15, -0.1) is 0 Å². The molecule has 15 heavy (non-hydrogen) atoms. The number of carbonyl (C=O) groups is 1. The van der Waals surface area contributed by atoms with Crippen molar-refractivity contribution < 1.29 is 4.79 Å². The van der Waals surface area contributed by atoms with E-state index < -0.39 is 19.8 Å². The summed E-state index contributed by atoms with van der Waals surface area (Å²) in [5, 5.41) is 2.27. The molecule has 0 saturated carbocycles. The van der Waals surface area contributed by atoms with E-state index in [9.17, 15) is 4.79 Å². The van der Waals surface area contributed by atoms with Crippen LogP contribution in [0.3, 0.4) is 0 Å². The van der Waals surface area contributed by atoms with Crippen LogP contribution in [0, 0.1) is 0 Å². The van der Waals surface area contributed by atoms with E-state index in [4.69, 9.17) is 0 Å². The molecule has 0 aromatic heterocycles. The van der Waals surface area contributed by atoms with Gasteiger partial charge >= 0.3 is 97.0 Å². The van der Waals surface area contributed by atoms with Gasteiger partial charge < -0.3 is 0 Å². The van der Waals surface area contributed by atoms with Crippen LogP contribution in [0.5, 0.6) is 0 Å². The molecule has 2 aromatic carbocycles. The topological polar surface area (TPSA) is 17.1 Å². The fourth-order valence-electron chi connectivity index (χ4n) is 1.75. The molecule has 0 heterocycles. The van der Waals surface area contributed by atoms with E-state index in [-0.39, 0.29) is 0 Å². The van der Waals surface area contributed by atoms with Crippen LogP contribution in [0.4, 0.5) is 0 Å². The average molecular weight is 305 g/mol. The molecular weight excluding hydrogens is 291 g/mol. The molecule has 0 N–H and O–H groups in total. The Morgan fingerprint density at radius 2 is 1.67 bits per heavy atom. The molecule has 0 bridgehead atoms. The molecule has 0 unspecified atom stereocenters. The van der Waals surface area contributed by atoms with Crippen LogP contribution in [-0.4, -0.2) is 23.6 Å². The SMILES string of the molecule is [CH3][SnH]([CH3])[C](=O)c1cccc2ccccc12. The van der Waals surface area contributed by atoms with Gasteiger partial charge in [-0.1, -0.05) is 0 Å². The normalized spacial score (nSPS) is 10.9. The molecule has 0 fully saturated rings. The quantitative estimate of drug-likeness (QED) is 0.779. The summed E-state index contributed by atoms with van der Waals surface area (Å²) in [6.07, 6.45) is 0. The van der Waals surface area contributed by atoms with Gasteiger partial charge in [-0.25, -0.2) is 0 Å². The van der Waals surface area contributed by atoms with Gasteiger partial charge in [0, 0.05) is 0 Å². The van der Waals surface area contributed by atoms with Gasteiger partial charge in [-0.05, 0) is 0 Å². The van der Waals surface area contributed by atoms with Crippen LogP contribution in [0.15, 0.2) is 42.5 Å². The van der Waals surface area contributed by atoms with E-state index in [0.29, 0.717) is 3.80 Å². The van der Waals surface area contributed by atoms with Crippen LogP contribution < -0.4 is 0 Å². The number of carbonyl (C=O) groups excluding carboxylic acids is 1. The van der Waals surface area contributed by atoms with Crippen molar-refractivity contribution in [1.29, 1.82) is 0 Å². The van der Waals surface area contributed by atoms with Crippen LogP contribution in [0.2, 0.25) is 9.88 Å². The van der Waals surface area contributed by atoms with Crippen LogP contribution >= 0.6 is 0 Å². The third-order valence-corrected chi connectivity index (χ3v) is 6.46. The van der Waals surface area contributed by atoms with Crippen molar-refractivity contribution in [2.75, 3.05) is 0 Å². The molecule has 76 valence electrons. The maximum atomic E-state index is 12.1. The Bertz CT molecular complexity index is 497. The molecule has 2 aromatic rings. The molecule has 0 amide bonds. The first-order chi connectivity index (χ1) is 7.20. The Labute approximate surface area is 96.9 Å². The Morgan fingerprint density at radius 1 is 1.00 bits per heavy atom. The van der Waals surface area contributed by atoms with Crippen molar-refractivity contribution in [2.45, 2.75) is 9.88 Å². The summed E-state index contributed by atoms with van der Waals surface area (Å²) in [7, 11) is 0. The zero-order valence-electron chi connectivity index (χ0n) is 9.03. The molecule has 0 saturated heterocycles. The maximum absolute atomic E-state index is 12.1. The van der Waals surface area contributed by atoms with Gasteiger partial charge in [0.25, 0.3) is 0 Å². The molecule has 0 aliphatic heterocycles. The van der Waals surface area contributed by atoms with Gasteiger partial charge in [-0.3, -0.25) is 0 Å². The molecule has 2 rings (SSSR count). The van der Waals surface area contributed by atoms with Gasteiger partial charge in [0.1, 0.15) is 0 Å². The summed E-state index contributed by atoms with van der Waals surface area (Å²) >= 11 is -1.90. The minimum absolute atomic E-state index is 0.425. The molecule has 0 aliphatic carbocycles. The van der Waals surface area contributed by atoms with E-state index in [1.54, 1.807) is 0 Å². The minimum atomic E-state index is -1.90. The molecule has 0 aliphatic rings. The first-order valence-corrected chi connectivity index (χ1v) is 13.5. The van der Waals surface area contributed by atoms with Crippen LogP contribution in [0.1, 0.15) is 10.4 Å². The van der Waals surface area contributed by atoms with E-state index >= 15 is 0 Å². The first kappa shape index (κ1) is 10.7. The van der Waals surface area contributed by atoms with Crippen molar-refractivity contribution in [3.05, 3.63) is 48.0 Å². The average Bonchev–Trinajstić information content (AvgIpc) is 2.27. The van der Waals surface area contributed by atoms with E-state index in [2.05, 4.69) is 22.0 Å². The van der Waals surface area contributed by atoms with Crippen LogP contribution in [-0.2, 0) is 0 Å². The van der Waals surface area contributed by atoms with Crippen LogP contribution in [0.25, 0.3) is 10.8 Å². The second-order valence-electron chi connectivity index (χ2n) is 4.05. The monoisotopic (exact) mass is 306 g/mol. The third kappa shape index (κ3) is 2.07. The molecule has 0 spiro atoms. The van der Waals surface area contributed by atoms with Crippen molar-refractivity contribution in [3.63, 3.8) is 0 Å². The summed E-state index contributed by atoms with van der Waals surface area (Å²) in [4.78, 5) is 16.3. The van der Waals surface area contributed by atoms with Gasteiger partial charge in [0.05, 0.1) is 0 Å². The summed E-state index contributed by atoms with van der Waals surface area (Å²) in [5.41, 5.74) is 0.930. The zero-order valence-corrected chi connectivity index (χ0v) is 12.3. The Hall–Kier alpha value is -0.831. The predicted molar refractivity (Wildman–Crippen MR) is 67.2 cm³/mol. The standard InChI is InChI=1S/C11H7O.2CH3.Sn.H/c12-8-10-6-3-5-9-4-1-2-7-11(9)10;;;;/h1-7H;2*1H3;;. The first-order valence-electron chi connectivity index (χ1n) is 5.22. The molecular formula is C13H14OSn. The van der Waals surface area contributed by atoms with Gasteiger partial charge in [0.2, 0.25) is 0 Å². The van der Waals surface area contributed by atoms with Gasteiger partial charge in [-0.2, -0.15) is 0 Å².